The standard InChI is InChI=1S/C13H16N2O3/c1-8(9(2)16)13-14-12(15-18-13)10-6-4-5-7-11(10)17-3/h4-9,16H,1-3H3. The summed E-state index contributed by atoms with van der Waals surface area (Å²) in [6.45, 7) is 3.53. The van der Waals surface area contributed by atoms with E-state index in [1.165, 1.54) is 0 Å². The van der Waals surface area contributed by atoms with Gasteiger partial charge in [-0.05, 0) is 19.1 Å². The van der Waals surface area contributed by atoms with Gasteiger partial charge in [-0.25, -0.2) is 0 Å². The highest BCUT2D eigenvalue weighted by Crippen LogP contribution is 2.28. The number of ether oxygens (including phenoxy) is 1. The summed E-state index contributed by atoms with van der Waals surface area (Å²) in [7, 11) is 1.60. The maximum atomic E-state index is 9.50. The van der Waals surface area contributed by atoms with Gasteiger partial charge in [-0.3, -0.25) is 0 Å². The van der Waals surface area contributed by atoms with Crippen LogP contribution >= 0.6 is 0 Å². The molecule has 2 aromatic rings. The zero-order valence-corrected chi connectivity index (χ0v) is 10.6. The van der Waals surface area contributed by atoms with Gasteiger partial charge in [0.25, 0.3) is 0 Å². The fourth-order valence-corrected chi connectivity index (χ4v) is 1.57. The first-order valence-electron chi connectivity index (χ1n) is 5.78. The fourth-order valence-electron chi connectivity index (χ4n) is 1.57. The zero-order valence-electron chi connectivity index (χ0n) is 10.6. The van der Waals surface area contributed by atoms with E-state index >= 15 is 0 Å². The summed E-state index contributed by atoms with van der Waals surface area (Å²) in [5.41, 5.74) is 0.771. The molecule has 0 radical (unpaired) electrons. The first-order chi connectivity index (χ1) is 8.63. The molecule has 1 aromatic heterocycles. The molecule has 0 saturated carbocycles. The normalized spacial score (nSPS) is 14.2. The number of hydrogen-bond acceptors (Lipinski definition) is 5. The Hall–Kier alpha value is -1.88. The van der Waals surface area contributed by atoms with Crippen molar-refractivity contribution in [2.45, 2.75) is 25.9 Å². The summed E-state index contributed by atoms with van der Waals surface area (Å²) in [5.74, 6) is 1.39. The van der Waals surface area contributed by atoms with Crippen molar-refractivity contribution in [3.8, 4) is 17.1 Å². The number of hydrogen-bond donors (Lipinski definition) is 1. The van der Waals surface area contributed by atoms with E-state index in [1.54, 1.807) is 14.0 Å². The van der Waals surface area contributed by atoms with Gasteiger partial charge >= 0.3 is 0 Å². The summed E-state index contributed by atoms with van der Waals surface area (Å²) in [6, 6.07) is 7.46. The summed E-state index contributed by atoms with van der Waals surface area (Å²) >= 11 is 0. The Kier molecular flexibility index (Phi) is 3.62. The number of benzene rings is 1. The van der Waals surface area contributed by atoms with Crippen molar-refractivity contribution in [2.75, 3.05) is 7.11 Å². The highest BCUT2D eigenvalue weighted by molar-refractivity contribution is 5.63. The van der Waals surface area contributed by atoms with Crippen molar-refractivity contribution in [1.29, 1.82) is 0 Å². The molecule has 2 unspecified atom stereocenters. The monoisotopic (exact) mass is 248 g/mol. The first kappa shape index (κ1) is 12.6. The Morgan fingerprint density at radius 3 is 2.67 bits per heavy atom. The van der Waals surface area contributed by atoms with E-state index in [2.05, 4.69) is 10.1 Å². The molecule has 0 aliphatic heterocycles. The van der Waals surface area contributed by atoms with Crippen molar-refractivity contribution in [2.24, 2.45) is 0 Å². The van der Waals surface area contributed by atoms with E-state index in [9.17, 15) is 5.11 Å². The second-order valence-electron chi connectivity index (χ2n) is 4.19. The van der Waals surface area contributed by atoms with E-state index in [0.717, 1.165) is 5.56 Å². The quantitative estimate of drug-likeness (QED) is 0.898. The van der Waals surface area contributed by atoms with Crippen LogP contribution in [-0.4, -0.2) is 28.5 Å². The van der Waals surface area contributed by atoms with Gasteiger partial charge in [0.15, 0.2) is 0 Å². The molecule has 2 rings (SSSR count). The molecule has 5 nitrogen and oxygen atoms in total. The van der Waals surface area contributed by atoms with Crippen LogP contribution in [0.15, 0.2) is 28.8 Å². The topological polar surface area (TPSA) is 68.4 Å². The average molecular weight is 248 g/mol. The predicted molar refractivity (Wildman–Crippen MR) is 66.4 cm³/mol. The van der Waals surface area contributed by atoms with E-state index in [1.807, 2.05) is 31.2 Å². The van der Waals surface area contributed by atoms with Crippen molar-refractivity contribution in [3.05, 3.63) is 30.2 Å². The highest BCUT2D eigenvalue weighted by Gasteiger charge is 2.20. The third kappa shape index (κ3) is 2.36. The van der Waals surface area contributed by atoms with Gasteiger partial charge in [0, 0.05) is 0 Å². The van der Waals surface area contributed by atoms with Crippen molar-refractivity contribution in [3.63, 3.8) is 0 Å². The fraction of sp³-hybridized carbons (Fsp3) is 0.385. The number of aromatic nitrogens is 2. The average Bonchev–Trinajstić information content (AvgIpc) is 2.87. The summed E-state index contributed by atoms with van der Waals surface area (Å²) < 4.78 is 10.4. The zero-order chi connectivity index (χ0) is 13.1. The second kappa shape index (κ2) is 5.18. The van der Waals surface area contributed by atoms with Crippen molar-refractivity contribution < 1.29 is 14.4 Å². The van der Waals surface area contributed by atoms with Crippen molar-refractivity contribution in [1.82, 2.24) is 10.1 Å². The molecule has 1 N–H and O–H groups in total. The maximum Gasteiger partial charge on any atom is 0.232 e. The number of aliphatic hydroxyl groups is 1. The molecule has 0 fully saturated rings. The lowest BCUT2D eigenvalue weighted by Crippen LogP contribution is -2.11. The van der Waals surface area contributed by atoms with Crippen LogP contribution in [0, 0.1) is 0 Å². The lowest BCUT2D eigenvalue weighted by atomic mass is 10.1. The second-order valence-corrected chi connectivity index (χ2v) is 4.19. The number of rotatable bonds is 4. The molecule has 0 spiro atoms. The molecular formula is C13H16N2O3. The number of aliphatic hydroxyl groups excluding tert-OH is 1. The largest absolute Gasteiger partial charge is 0.496 e. The molecular weight excluding hydrogens is 232 g/mol. The molecule has 1 aromatic carbocycles. The molecule has 0 aliphatic carbocycles. The Bertz CT molecular complexity index is 522. The Balaban J connectivity index is 2.35. The molecule has 0 saturated heterocycles. The smallest absolute Gasteiger partial charge is 0.232 e. The minimum atomic E-state index is -0.532. The van der Waals surface area contributed by atoms with Gasteiger partial charge in [-0.1, -0.05) is 24.2 Å². The van der Waals surface area contributed by atoms with E-state index in [0.29, 0.717) is 17.5 Å². The van der Waals surface area contributed by atoms with Gasteiger partial charge in [-0.2, -0.15) is 4.98 Å². The van der Waals surface area contributed by atoms with Gasteiger partial charge in [0.05, 0.1) is 24.7 Å². The molecule has 0 amide bonds. The Morgan fingerprint density at radius 2 is 2.00 bits per heavy atom. The van der Waals surface area contributed by atoms with Crippen LogP contribution in [-0.2, 0) is 0 Å². The number of methoxy groups -OCH3 is 1. The van der Waals surface area contributed by atoms with E-state index < -0.39 is 6.10 Å². The molecule has 0 aliphatic rings. The van der Waals surface area contributed by atoms with E-state index in [-0.39, 0.29) is 5.92 Å². The number of nitrogens with zero attached hydrogens (tertiary/aromatic N) is 2. The summed E-state index contributed by atoms with van der Waals surface area (Å²) in [4.78, 5) is 4.29. The molecule has 18 heavy (non-hydrogen) atoms. The van der Waals surface area contributed by atoms with Crippen LogP contribution in [0.5, 0.6) is 5.75 Å². The van der Waals surface area contributed by atoms with Gasteiger partial charge in [-0.15, -0.1) is 0 Å². The van der Waals surface area contributed by atoms with Crippen LogP contribution in [0.25, 0.3) is 11.4 Å². The third-order valence-corrected chi connectivity index (χ3v) is 2.90. The maximum absolute atomic E-state index is 9.50. The molecule has 1 heterocycles. The summed E-state index contributed by atoms with van der Waals surface area (Å²) in [6.07, 6.45) is -0.532. The lowest BCUT2D eigenvalue weighted by Gasteiger charge is -2.08. The molecule has 2 atom stereocenters. The SMILES string of the molecule is COc1ccccc1-c1noc(C(C)C(C)O)n1. The van der Waals surface area contributed by atoms with Gasteiger partial charge in [0.2, 0.25) is 11.7 Å². The van der Waals surface area contributed by atoms with Crippen LogP contribution in [0.2, 0.25) is 0 Å². The molecule has 96 valence electrons. The predicted octanol–water partition coefficient (Wildman–Crippen LogP) is 2.23. The molecule has 0 bridgehead atoms. The van der Waals surface area contributed by atoms with Crippen LogP contribution in [0.1, 0.15) is 25.7 Å². The number of para-hydroxylation sites is 1. The summed E-state index contributed by atoms with van der Waals surface area (Å²) in [5, 5.41) is 13.4. The Labute approximate surface area is 105 Å². The minimum absolute atomic E-state index is 0.194. The van der Waals surface area contributed by atoms with Gasteiger partial charge < -0.3 is 14.4 Å². The molecule has 5 heteroatoms. The Morgan fingerprint density at radius 1 is 1.28 bits per heavy atom. The first-order valence-corrected chi connectivity index (χ1v) is 5.78. The van der Waals surface area contributed by atoms with Gasteiger partial charge in [0.1, 0.15) is 5.75 Å². The van der Waals surface area contributed by atoms with Crippen LogP contribution in [0.4, 0.5) is 0 Å². The minimum Gasteiger partial charge on any atom is -0.496 e. The highest BCUT2D eigenvalue weighted by atomic mass is 16.5. The van der Waals surface area contributed by atoms with Crippen LogP contribution in [0.3, 0.4) is 0 Å². The lowest BCUT2D eigenvalue weighted by molar-refractivity contribution is 0.151. The van der Waals surface area contributed by atoms with Crippen LogP contribution < -0.4 is 4.74 Å². The van der Waals surface area contributed by atoms with E-state index in [4.69, 9.17) is 9.26 Å². The third-order valence-electron chi connectivity index (χ3n) is 2.90. The van der Waals surface area contributed by atoms with Crippen molar-refractivity contribution >= 4 is 0 Å².